The molecule has 4 aromatic heterocycles. The van der Waals surface area contributed by atoms with Gasteiger partial charge in [-0.1, -0.05) is 0 Å². The van der Waals surface area contributed by atoms with Gasteiger partial charge in [-0.15, -0.1) is 5.10 Å². The maximum atomic E-state index is 15.1. The number of hydrogen-bond acceptors (Lipinski definition) is 9. The van der Waals surface area contributed by atoms with Gasteiger partial charge >= 0.3 is 6.03 Å². The van der Waals surface area contributed by atoms with Gasteiger partial charge < -0.3 is 14.5 Å². The molecule has 1 N–H and O–H groups in total. The van der Waals surface area contributed by atoms with Crippen molar-refractivity contribution >= 4 is 35.0 Å². The number of halogens is 1. The first-order valence-electron chi connectivity index (χ1n) is 13.5. The van der Waals surface area contributed by atoms with E-state index in [0.717, 1.165) is 10.6 Å². The van der Waals surface area contributed by atoms with Crippen LogP contribution < -0.4 is 15.0 Å². The second kappa shape index (κ2) is 9.53. The summed E-state index contributed by atoms with van der Waals surface area (Å²) in [5.41, 5.74) is 1.08. The Balaban J connectivity index is 1.06. The number of urea groups is 1. The van der Waals surface area contributed by atoms with Crippen LogP contribution in [0.4, 0.5) is 20.7 Å². The van der Waals surface area contributed by atoms with Crippen LogP contribution in [0.5, 0.6) is 5.75 Å². The Kier molecular flexibility index (Phi) is 5.88. The summed E-state index contributed by atoms with van der Waals surface area (Å²) < 4.78 is 22.6. The number of aromatic nitrogens is 6. The molecule has 0 radical (unpaired) electrons. The normalized spacial score (nSPS) is 20.7. The minimum absolute atomic E-state index is 0.0263. The topological polar surface area (TPSA) is 148 Å². The molecule has 0 bridgehead atoms. The number of ether oxygens (including phenoxy) is 1. The van der Waals surface area contributed by atoms with Crippen LogP contribution in [-0.4, -0.2) is 65.9 Å². The zero-order valence-electron chi connectivity index (χ0n) is 22.8. The molecule has 3 aliphatic rings. The van der Waals surface area contributed by atoms with Gasteiger partial charge in [-0.05, 0) is 38.3 Å². The third kappa shape index (κ3) is 4.67. The Morgan fingerprint density at radius 2 is 2.05 bits per heavy atom. The maximum Gasteiger partial charge on any atom is 0.331 e. The summed E-state index contributed by atoms with van der Waals surface area (Å²) in [6, 6.07) is 4.48. The number of likely N-dealkylation sites (N-methyl/N-ethyl adjacent to an activating group) is 1. The molecule has 1 aliphatic heterocycles. The first-order valence-corrected chi connectivity index (χ1v) is 13.5. The fourth-order valence-corrected chi connectivity index (χ4v) is 5.11. The van der Waals surface area contributed by atoms with Crippen molar-refractivity contribution < 1.29 is 23.5 Å². The van der Waals surface area contributed by atoms with Crippen molar-refractivity contribution in [1.29, 1.82) is 0 Å². The maximum absolute atomic E-state index is 15.1. The highest BCUT2D eigenvalue weighted by Gasteiger charge is 2.47. The molecule has 13 nitrogen and oxygen atoms in total. The monoisotopic (exact) mass is 571 g/mol. The zero-order chi connectivity index (χ0) is 29.2. The second-order valence-corrected chi connectivity index (χ2v) is 10.9. The Morgan fingerprint density at radius 3 is 2.79 bits per heavy atom. The lowest BCUT2D eigenvalue weighted by atomic mass is 10.1. The molecule has 1 saturated heterocycles. The number of hydrogen-bond donors (Lipinski definition) is 1. The van der Waals surface area contributed by atoms with Crippen LogP contribution >= 0.6 is 0 Å². The molecule has 0 aromatic carbocycles. The molecule has 2 aliphatic carbocycles. The number of carbonyl (C=O) groups is 3. The molecule has 4 amide bonds. The van der Waals surface area contributed by atoms with Gasteiger partial charge in [-0.3, -0.25) is 19.4 Å². The highest BCUT2D eigenvalue weighted by Crippen LogP contribution is 2.50. The van der Waals surface area contributed by atoms with Gasteiger partial charge in [-0.25, -0.2) is 24.1 Å². The molecular weight excluding hydrogens is 545 g/mol. The number of imidazole rings is 1. The quantitative estimate of drug-likeness (QED) is 0.315. The van der Waals surface area contributed by atoms with E-state index in [1.54, 1.807) is 35.1 Å². The number of alkyl halides is 1. The van der Waals surface area contributed by atoms with Gasteiger partial charge in [0.05, 0.1) is 17.6 Å². The summed E-state index contributed by atoms with van der Waals surface area (Å²) in [6.07, 6.45) is 7.90. The fraction of sp³-hybridized carbons (Fsp3) is 0.357. The first-order chi connectivity index (χ1) is 20.2. The van der Waals surface area contributed by atoms with Crippen LogP contribution in [0.1, 0.15) is 48.0 Å². The molecular formula is C28H26FN9O4. The minimum atomic E-state index is -1.46. The SMILES string of the molecule is Cc1ccnc(C2CC2C(=O)Nc2cc(OCc3cn4cc(C5(F)CC5)cc(N5CC(=O)N(C)C5=O)c4n3)cnn2)n1. The first kappa shape index (κ1) is 25.9. The number of nitrogens with zero attached hydrogens (tertiary/aromatic N) is 8. The van der Waals surface area contributed by atoms with Gasteiger partial charge in [-0.2, -0.15) is 5.10 Å². The summed E-state index contributed by atoms with van der Waals surface area (Å²) in [6.45, 7) is 1.76. The third-order valence-electron chi connectivity index (χ3n) is 7.80. The van der Waals surface area contributed by atoms with Crippen LogP contribution in [0.3, 0.4) is 0 Å². The van der Waals surface area contributed by atoms with E-state index in [9.17, 15) is 14.4 Å². The number of carbonyl (C=O) groups excluding carboxylic acids is 3. The lowest BCUT2D eigenvalue weighted by molar-refractivity contribution is -0.124. The minimum Gasteiger partial charge on any atom is -0.485 e. The van der Waals surface area contributed by atoms with Crippen LogP contribution in [0.15, 0.2) is 43.0 Å². The van der Waals surface area contributed by atoms with Crippen LogP contribution in [0.2, 0.25) is 0 Å². The van der Waals surface area contributed by atoms with E-state index in [1.165, 1.54) is 18.1 Å². The van der Waals surface area contributed by atoms with E-state index in [1.807, 2.05) is 13.0 Å². The van der Waals surface area contributed by atoms with Crippen LogP contribution in [0.25, 0.3) is 5.65 Å². The summed E-state index contributed by atoms with van der Waals surface area (Å²) in [4.78, 5) is 53.4. The Hall–Kier alpha value is -5.01. The largest absolute Gasteiger partial charge is 0.485 e. The van der Waals surface area contributed by atoms with Crippen molar-refractivity contribution in [1.82, 2.24) is 34.4 Å². The lowest BCUT2D eigenvalue weighted by Gasteiger charge is -2.18. The molecule has 4 aromatic rings. The number of anilines is 2. The molecule has 0 spiro atoms. The Labute approximate surface area is 238 Å². The number of rotatable bonds is 8. The van der Waals surface area contributed by atoms with E-state index in [0.29, 0.717) is 53.4 Å². The van der Waals surface area contributed by atoms with E-state index >= 15 is 4.39 Å². The highest BCUT2D eigenvalue weighted by molar-refractivity contribution is 6.13. The molecule has 7 rings (SSSR count). The average Bonchev–Trinajstić information content (AvgIpc) is 3.88. The second-order valence-electron chi connectivity index (χ2n) is 10.9. The molecule has 214 valence electrons. The number of imide groups is 1. The molecule has 2 saturated carbocycles. The molecule has 3 fully saturated rings. The number of nitrogens with one attached hydrogen (secondary N) is 1. The standard InChI is InChI=1S/C28H26FN9O4/c1-15-3-6-30-24(32-15)19-9-20(19)26(40)34-22-8-18(10-31-35-22)42-14-17-12-37-11-16(28(29)4-5-28)7-21(25(37)33-17)38-13-23(39)36(2)27(38)41/h3,6-8,10-12,19-20H,4-5,9,13-14H2,1-2H3,(H,34,35,40). The van der Waals surface area contributed by atoms with E-state index in [-0.39, 0.29) is 42.6 Å². The molecule has 42 heavy (non-hydrogen) atoms. The number of amides is 4. The third-order valence-corrected chi connectivity index (χ3v) is 7.80. The zero-order valence-corrected chi connectivity index (χ0v) is 22.8. The van der Waals surface area contributed by atoms with Crippen molar-refractivity contribution in [3.05, 3.63) is 65.8 Å². The van der Waals surface area contributed by atoms with E-state index in [4.69, 9.17) is 4.74 Å². The van der Waals surface area contributed by atoms with Crippen LogP contribution in [-0.2, 0) is 21.9 Å². The predicted molar refractivity (Wildman–Crippen MR) is 145 cm³/mol. The Morgan fingerprint density at radius 1 is 1.21 bits per heavy atom. The van der Waals surface area contributed by atoms with Crippen molar-refractivity contribution in [3.8, 4) is 5.75 Å². The molecule has 2 atom stereocenters. The van der Waals surface area contributed by atoms with Crippen molar-refractivity contribution in [2.75, 3.05) is 23.8 Å². The number of fused-ring (bicyclic) bond motifs is 1. The Bertz CT molecular complexity index is 1770. The van der Waals surface area contributed by atoms with E-state index in [2.05, 4.69) is 30.5 Å². The van der Waals surface area contributed by atoms with Crippen molar-refractivity contribution in [3.63, 3.8) is 0 Å². The van der Waals surface area contributed by atoms with Gasteiger partial charge in [0.15, 0.2) is 11.5 Å². The fourth-order valence-electron chi connectivity index (χ4n) is 5.11. The van der Waals surface area contributed by atoms with Gasteiger partial charge in [0, 0.05) is 54.8 Å². The average molecular weight is 572 g/mol. The van der Waals surface area contributed by atoms with Crippen molar-refractivity contribution in [2.24, 2.45) is 5.92 Å². The number of pyridine rings is 1. The summed E-state index contributed by atoms with van der Waals surface area (Å²) in [5.74, 6) is 0.444. The van der Waals surface area contributed by atoms with Gasteiger partial charge in [0.1, 0.15) is 30.4 Å². The lowest BCUT2D eigenvalue weighted by Crippen LogP contribution is -2.30. The number of aryl methyl sites for hydroxylation is 1. The smallest absolute Gasteiger partial charge is 0.331 e. The summed E-state index contributed by atoms with van der Waals surface area (Å²) >= 11 is 0. The summed E-state index contributed by atoms with van der Waals surface area (Å²) in [5, 5.41) is 10.7. The van der Waals surface area contributed by atoms with Crippen molar-refractivity contribution in [2.45, 2.75) is 44.4 Å². The van der Waals surface area contributed by atoms with E-state index < -0.39 is 11.7 Å². The highest BCUT2D eigenvalue weighted by atomic mass is 19.1. The summed E-state index contributed by atoms with van der Waals surface area (Å²) in [7, 11) is 1.41. The van der Waals surface area contributed by atoms with Crippen LogP contribution in [0, 0.1) is 12.8 Å². The molecule has 14 heteroatoms. The molecule has 5 heterocycles. The molecule has 2 unspecified atom stereocenters. The van der Waals surface area contributed by atoms with Gasteiger partial charge in [0.2, 0.25) is 11.8 Å². The van der Waals surface area contributed by atoms with Gasteiger partial charge in [0.25, 0.3) is 0 Å². The predicted octanol–water partition coefficient (Wildman–Crippen LogP) is 2.90.